The fourth-order valence-electron chi connectivity index (χ4n) is 2.52. The standard InChI is InChI=1S/C21H16F2N2O3S/c22-16-8-5-14(6-9-16)7-10-19(26)24-11-12-25-20(27)18(29-21(25)28)13-15-3-1-2-4-17(15)23/h1-10,13H,11-12H2,(H,24,26)/b10-7+,18-13-. The average Bonchev–Trinajstić information content (AvgIpc) is 2.96. The fourth-order valence-corrected chi connectivity index (χ4v) is 3.38. The largest absolute Gasteiger partial charge is 0.351 e. The molecule has 8 heteroatoms. The lowest BCUT2D eigenvalue weighted by Gasteiger charge is -2.12. The van der Waals surface area contributed by atoms with E-state index in [-0.39, 0.29) is 29.4 Å². The molecule has 1 aliphatic rings. The molecule has 0 aromatic heterocycles. The predicted molar refractivity (Wildman–Crippen MR) is 108 cm³/mol. The molecule has 1 N–H and O–H groups in total. The van der Waals surface area contributed by atoms with Crippen LogP contribution in [0.5, 0.6) is 0 Å². The molecule has 2 aromatic rings. The summed E-state index contributed by atoms with van der Waals surface area (Å²) in [4.78, 5) is 37.4. The molecule has 1 aliphatic heterocycles. The number of amides is 3. The number of thioether (sulfide) groups is 1. The summed E-state index contributed by atoms with van der Waals surface area (Å²) in [6.45, 7) is 0.0625. The summed E-state index contributed by atoms with van der Waals surface area (Å²) < 4.78 is 26.6. The smallest absolute Gasteiger partial charge is 0.293 e. The van der Waals surface area contributed by atoms with E-state index in [0.717, 1.165) is 16.7 Å². The van der Waals surface area contributed by atoms with Crippen LogP contribution in [0.25, 0.3) is 12.2 Å². The van der Waals surface area contributed by atoms with Gasteiger partial charge in [-0.3, -0.25) is 19.3 Å². The summed E-state index contributed by atoms with van der Waals surface area (Å²) in [7, 11) is 0. The van der Waals surface area contributed by atoms with Crippen molar-refractivity contribution in [3.63, 3.8) is 0 Å². The molecular weight excluding hydrogens is 398 g/mol. The molecule has 29 heavy (non-hydrogen) atoms. The van der Waals surface area contributed by atoms with Crippen LogP contribution in [0.1, 0.15) is 11.1 Å². The van der Waals surface area contributed by atoms with E-state index < -0.39 is 22.9 Å². The Labute approximate surface area is 170 Å². The molecule has 1 heterocycles. The van der Waals surface area contributed by atoms with E-state index in [2.05, 4.69) is 5.32 Å². The first-order valence-electron chi connectivity index (χ1n) is 8.65. The SMILES string of the molecule is O=C(/C=C/c1ccc(F)cc1)NCCN1C(=O)S/C(=C\c2ccccc2F)C1=O. The number of rotatable bonds is 6. The monoisotopic (exact) mass is 414 g/mol. The quantitative estimate of drug-likeness (QED) is 0.730. The van der Waals surface area contributed by atoms with Gasteiger partial charge in [-0.15, -0.1) is 0 Å². The van der Waals surface area contributed by atoms with Crippen LogP contribution in [-0.2, 0) is 9.59 Å². The summed E-state index contributed by atoms with van der Waals surface area (Å²) in [5, 5.41) is 2.09. The van der Waals surface area contributed by atoms with Gasteiger partial charge in [0, 0.05) is 24.7 Å². The van der Waals surface area contributed by atoms with Gasteiger partial charge >= 0.3 is 0 Å². The summed E-state index contributed by atoms with van der Waals surface area (Å²) in [5.41, 5.74) is 0.878. The van der Waals surface area contributed by atoms with Crippen LogP contribution in [0.2, 0.25) is 0 Å². The zero-order valence-electron chi connectivity index (χ0n) is 15.1. The molecule has 0 bridgehead atoms. The molecule has 0 atom stereocenters. The van der Waals surface area contributed by atoms with Crippen molar-refractivity contribution in [3.05, 3.63) is 82.3 Å². The van der Waals surface area contributed by atoms with Gasteiger partial charge in [-0.2, -0.15) is 0 Å². The highest BCUT2D eigenvalue weighted by atomic mass is 32.2. The Hall–Kier alpha value is -3.26. The van der Waals surface area contributed by atoms with Crippen LogP contribution in [-0.4, -0.2) is 35.0 Å². The van der Waals surface area contributed by atoms with Crippen molar-refractivity contribution in [2.45, 2.75) is 0 Å². The van der Waals surface area contributed by atoms with Crippen LogP contribution in [0.3, 0.4) is 0 Å². The molecule has 3 rings (SSSR count). The molecular formula is C21H16F2N2O3S. The highest BCUT2D eigenvalue weighted by molar-refractivity contribution is 8.18. The van der Waals surface area contributed by atoms with Crippen molar-refractivity contribution in [2.75, 3.05) is 13.1 Å². The normalized spacial score (nSPS) is 15.5. The van der Waals surface area contributed by atoms with E-state index in [4.69, 9.17) is 0 Å². The number of halogens is 2. The van der Waals surface area contributed by atoms with E-state index in [0.29, 0.717) is 5.56 Å². The highest BCUT2D eigenvalue weighted by Crippen LogP contribution is 2.32. The van der Waals surface area contributed by atoms with Crippen molar-refractivity contribution in [1.82, 2.24) is 10.2 Å². The zero-order chi connectivity index (χ0) is 20.8. The van der Waals surface area contributed by atoms with Crippen LogP contribution in [0.15, 0.2) is 59.5 Å². The number of nitrogens with one attached hydrogen (secondary N) is 1. The van der Waals surface area contributed by atoms with Crippen LogP contribution >= 0.6 is 11.8 Å². The minimum Gasteiger partial charge on any atom is -0.351 e. The predicted octanol–water partition coefficient (Wildman–Crippen LogP) is 3.83. The molecule has 3 amide bonds. The molecule has 0 saturated carbocycles. The van der Waals surface area contributed by atoms with Crippen molar-refractivity contribution >= 4 is 41.0 Å². The maximum absolute atomic E-state index is 13.7. The van der Waals surface area contributed by atoms with Gasteiger partial charge < -0.3 is 5.32 Å². The summed E-state index contributed by atoms with van der Waals surface area (Å²) >= 11 is 0.727. The van der Waals surface area contributed by atoms with Crippen molar-refractivity contribution in [1.29, 1.82) is 0 Å². The Balaban J connectivity index is 1.53. The third-order valence-corrected chi connectivity index (χ3v) is 4.90. The second kappa shape index (κ2) is 9.29. The van der Waals surface area contributed by atoms with E-state index >= 15 is 0 Å². The molecule has 1 saturated heterocycles. The first-order valence-corrected chi connectivity index (χ1v) is 9.47. The Morgan fingerprint density at radius 1 is 1.07 bits per heavy atom. The van der Waals surface area contributed by atoms with Crippen LogP contribution < -0.4 is 5.32 Å². The molecule has 0 radical (unpaired) electrons. The molecule has 0 unspecified atom stereocenters. The number of carbonyl (C=O) groups excluding carboxylic acids is 3. The number of benzene rings is 2. The molecule has 5 nitrogen and oxygen atoms in total. The lowest BCUT2D eigenvalue weighted by atomic mass is 10.2. The fraction of sp³-hybridized carbons (Fsp3) is 0.0952. The van der Waals surface area contributed by atoms with Gasteiger partial charge in [0.05, 0.1) is 4.91 Å². The highest BCUT2D eigenvalue weighted by Gasteiger charge is 2.34. The summed E-state index contributed by atoms with van der Waals surface area (Å²) in [6, 6.07) is 11.6. The van der Waals surface area contributed by atoms with Gasteiger partial charge in [0.2, 0.25) is 5.91 Å². The summed E-state index contributed by atoms with van der Waals surface area (Å²) in [5.74, 6) is -1.80. The lowest BCUT2D eigenvalue weighted by molar-refractivity contribution is -0.123. The van der Waals surface area contributed by atoms with Crippen LogP contribution in [0.4, 0.5) is 13.6 Å². The number of nitrogens with zero attached hydrogens (tertiary/aromatic N) is 1. The van der Waals surface area contributed by atoms with E-state index in [1.54, 1.807) is 6.07 Å². The van der Waals surface area contributed by atoms with Crippen molar-refractivity contribution in [2.24, 2.45) is 0 Å². The molecule has 0 aliphatic carbocycles. The second-order valence-electron chi connectivity index (χ2n) is 6.03. The van der Waals surface area contributed by atoms with E-state index in [1.807, 2.05) is 0 Å². The minimum atomic E-state index is -0.528. The van der Waals surface area contributed by atoms with Gasteiger partial charge in [-0.05, 0) is 47.7 Å². The average molecular weight is 414 g/mol. The molecule has 1 fully saturated rings. The van der Waals surface area contributed by atoms with Gasteiger partial charge in [-0.25, -0.2) is 8.78 Å². The van der Waals surface area contributed by atoms with Gasteiger partial charge in [0.25, 0.3) is 11.1 Å². The first-order chi connectivity index (χ1) is 13.9. The summed E-state index contributed by atoms with van der Waals surface area (Å²) in [6.07, 6.45) is 4.13. The lowest BCUT2D eigenvalue weighted by Crippen LogP contribution is -2.36. The second-order valence-corrected chi connectivity index (χ2v) is 7.02. The van der Waals surface area contributed by atoms with E-state index in [1.165, 1.54) is 60.7 Å². The van der Waals surface area contributed by atoms with E-state index in [9.17, 15) is 23.2 Å². The third kappa shape index (κ3) is 5.39. The Kier molecular flexibility index (Phi) is 6.56. The third-order valence-electron chi connectivity index (χ3n) is 4.00. The number of imide groups is 1. The van der Waals surface area contributed by atoms with Gasteiger partial charge in [-0.1, -0.05) is 30.3 Å². The maximum atomic E-state index is 13.7. The molecule has 148 valence electrons. The Bertz CT molecular complexity index is 1000. The minimum absolute atomic E-state index is 0.00456. The number of carbonyl (C=O) groups is 3. The van der Waals surface area contributed by atoms with Crippen molar-refractivity contribution in [3.8, 4) is 0 Å². The van der Waals surface area contributed by atoms with Crippen molar-refractivity contribution < 1.29 is 23.2 Å². The van der Waals surface area contributed by atoms with Gasteiger partial charge in [0.15, 0.2) is 0 Å². The molecule has 0 spiro atoms. The maximum Gasteiger partial charge on any atom is 0.293 e. The number of hydrogen-bond acceptors (Lipinski definition) is 4. The van der Waals surface area contributed by atoms with Crippen LogP contribution in [0, 0.1) is 11.6 Å². The number of hydrogen-bond donors (Lipinski definition) is 1. The van der Waals surface area contributed by atoms with Gasteiger partial charge in [0.1, 0.15) is 11.6 Å². The topological polar surface area (TPSA) is 66.5 Å². The Morgan fingerprint density at radius 2 is 1.79 bits per heavy atom. The Morgan fingerprint density at radius 3 is 2.52 bits per heavy atom. The first kappa shape index (κ1) is 20.5. The molecule has 2 aromatic carbocycles. The zero-order valence-corrected chi connectivity index (χ0v) is 15.9.